The van der Waals surface area contributed by atoms with Crippen LogP contribution in [0.25, 0.3) is 0 Å². The maximum Gasteiger partial charge on any atom is 0.261 e. The Morgan fingerprint density at radius 3 is 2.95 bits per heavy atom. The van der Waals surface area contributed by atoms with Gasteiger partial charge in [-0.15, -0.1) is 11.3 Å². The van der Waals surface area contributed by atoms with Crippen LogP contribution in [0.4, 0.5) is 0 Å². The summed E-state index contributed by atoms with van der Waals surface area (Å²) in [6.07, 6.45) is 5.24. The van der Waals surface area contributed by atoms with Gasteiger partial charge in [-0.3, -0.25) is 4.79 Å². The first-order chi connectivity index (χ1) is 10.7. The monoisotopic (exact) mass is 371 g/mol. The first-order valence-corrected chi connectivity index (χ1v) is 9.96. The van der Waals surface area contributed by atoms with Crippen LogP contribution < -0.4 is 10.6 Å². The number of nitrogens with zero attached hydrogens (tertiary/aromatic N) is 1. The second kappa shape index (κ2) is 6.13. The van der Waals surface area contributed by atoms with Gasteiger partial charge < -0.3 is 10.6 Å². The summed E-state index contributed by atoms with van der Waals surface area (Å²) in [5.74, 6) is 0.0403. The highest BCUT2D eigenvalue weighted by molar-refractivity contribution is 8.02. The lowest BCUT2D eigenvalue weighted by atomic mass is 9.95. The molecule has 0 aromatic carbocycles. The van der Waals surface area contributed by atoms with Crippen LogP contribution in [-0.4, -0.2) is 29.0 Å². The number of carbonyl (C=O) groups excluding carboxylic acids is 1. The van der Waals surface area contributed by atoms with Crippen molar-refractivity contribution in [2.75, 3.05) is 0 Å². The zero-order valence-electron chi connectivity index (χ0n) is 11.5. The van der Waals surface area contributed by atoms with Crippen molar-refractivity contribution in [1.82, 2.24) is 15.6 Å². The van der Waals surface area contributed by atoms with E-state index in [0.29, 0.717) is 16.6 Å². The van der Waals surface area contributed by atoms with Crippen LogP contribution in [0.2, 0.25) is 4.47 Å². The summed E-state index contributed by atoms with van der Waals surface area (Å²) in [5, 5.41) is 6.72. The van der Waals surface area contributed by atoms with Gasteiger partial charge in [0.2, 0.25) is 0 Å². The van der Waals surface area contributed by atoms with Crippen molar-refractivity contribution >= 4 is 51.9 Å². The Morgan fingerprint density at radius 2 is 2.27 bits per heavy atom. The summed E-state index contributed by atoms with van der Waals surface area (Å²) in [7, 11) is 0. The minimum Gasteiger partial charge on any atom is -0.347 e. The Hall–Kier alpha value is -0.600. The molecule has 2 aromatic rings. The van der Waals surface area contributed by atoms with E-state index in [1.807, 2.05) is 12.1 Å². The molecular weight excluding hydrogens is 358 g/mol. The molecule has 0 saturated carbocycles. The van der Waals surface area contributed by atoms with Gasteiger partial charge in [0.1, 0.15) is 0 Å². The van der Waals surface area contributed by atoms with Crippen molar-refractivity contribution in [3.8, 4) is 0 Å². The zero-order chi connectivity index (χ0) is 15.1. The van der Waals surface area contributed by atoms with Gasteiger partial charge in [0, 0.05) is 18.1 Å². The first kappa shape index (κ1) is 15.0. The molecular formula is C14H14ClN3OS3. The van der Waals surface area contributed by atoms with Crippen molar-refractivity contribution in [1.29, 1.82) is 0 Å². The SMILES string of the molecule is O=C(N[C@@H]1C[C@H]2CC[C@@H]1N2)c1ccc(Sc2cnc(Cl)s2)s1. The van der Waals surface area contributed by atoms with Gasteiger partial charge in [-0.25, -0.2) is 4.98 Å². The molecule has 2 saturated heterocycles. The van der Waals surface area contributed by atoms with Crippen LogP contribution in [-0.2, 0) is 0 Å². The van der Waals surface area contributed by atoms with E-state index < -0.39 is 0 Å². The molecule has 3 atom stereocenters. The molecule has 4 rings (SSSR count). The highest BCUT2D eigenvalue weighted by Gasteiger charge is 2.39. The maximum absolute atomic E-state index is 12.4. The van der Waals surface area contributed by atoms with E-state index in [2.05, 4.69) is 15.6 Å². The molecule has 116 valence electrons. The van der Waals surface area contributed by atoms with Gasteiger partial charge in [-0.1, -0.05) is 34.7 Å². The lowest BCUT2D eigenvalue weighted by molar-refractivity contribution is 0.0935. The predicted molar refractivity (Wildman–Crippen MR) is 91.4 cm³/mol. The van der Waals surface area contributed by atoms with Crippen molar-refractivity contribution in [2.45, 2.75) is 45.8 Å². The third-order valence-electron chi connectivity index (χ3n) is 4.08. The molecule has 0 aliphatic carbocycles. The number of carbonyl (C=O) groups is 1. The third kappa shape index (κ3) is 3.05. The number of halogens is 1. The van der Waals surface area contributed by atoms with E-state index in [9.17, 15) is 4.79 Å². The predicted octanol–water partition coefficient (Wildman–Crippen LogP) is 3.63. The van der Waals surface area contributed by atoms with Gasteiger partial charge in [-0.2, -0.15) is 0 Å². The van der Waals surface area contributed by atoms with E-state index in [-0.39, 0.29) is 11.9 Å². The number of thiophene rings is 1. The van der Waals surface area contributed by atoms with Crippen LogP contribution in [0, 0.1) is 0 Å². The summed E-state index contributed by atoms with van der Waals surface area (Å²) >= 11 is 10.4. The van der Waals surface area contributed by atoms with E-state index in [0.717, 1.165) is 19.7 Å². The van der Waals surface area contributed by atoms with Gasteiger partial charge in [-0.05, 0) is 31.4 Å². The molecule has 22 heavy (non-hydrogen) atoms. The van der Waals surface area contributed by atoms with Crippen LogP contribution in [0.1, 0.15) is 28.9 Å². The van der Waals surface area contributed by atoms with Crippen molar-refractivity contribution in [3.05, 3.63) is 27.7 Å². The van der Waals surface area contributed by atoms with Crippen molar-refractivity contribution in [3.63, 3.8) is 0 Å². The Balaban J connectivity index is 1.39. The number of fused-ring (bicyclic) bond motifs is 2. The van der Waals surface area contributed by atoms with Crippen LogP contribution in [0.5, 0.6) is 0 Å². The lowest BCUT2D eigenvalue weighted by Gasteiger charge is -2.20. The summed E-state index contributed by atoms with van der Waals surface area (Å²) in [4.78, 5) is 17.2. The summed E-state index contributed by atoms with van der Waals surface area (Å²) in [5.41, 5.74) is 0. The molecule has 2 N–H and O–H groups in total. The summed E-state index contributed by atoms with van der Waals surface area (Å²) < 4.78 is 2.66. The largest absolute Gasteiger partial charge is 0.347 e. The van der Waals surface area contributed by atoms with Crippen LogP contribution >= 0.6 is 46.0 Å². The number of hydrogen-bond donors (Lipinski definition) is 2. The number of amides is 1. The second-order valence-corrected chi connectivity index (χ2v) is 9.81. The highest BCUT2D eigenvalue weighted by Crippen LogP contribution is 2.37. The molecule has 2 aliphatic heterocycles. The minimum absolute atomic E-state index is 0.0403. The number of thiazole rings is 1. The third-order valence-corrected chi connectivity index (χ3v) is 7.51. The average Bonchev–Trinajstić information content (AvgIpc) is 3.24. The molecule has 0 radical (unpaired) electrons. The van der Waals surface area contributed by atoms with Crippen LogP contribution in [0.3, 0.4) is 0 Å². The number of aromatic nitrogens is 1. The number of nitrogens with one attached hydrogen (secondary N) is 2. The van der Waals surface area contributed by atoms with Gasteiger partial charge in [0.15, 0.2) is 4.47 Å². The van der Waals surface area contributed by atoms with Gasteiger partial charge in [0.05, 0.1) is 19.5 Å². The van der Waals surface area contributed by atoms with E-state index in [1.54, 1.807) is 18.0 Å². The molecule has 8 heteroatoms. The maximum atomic E-state index is 12.4. The second-order valence-electron chi connectivity index (χ2n) is 5.52. The van der Waals surface area contributed by atoms with E-state index >= 15 is 0 Å². The van der Waals surface area contributed by atoms with Crippen molar-refractivity contribution < 1.29 is 4.79 Å². The Bertz CT molecular complexity index is 701. The molecule has 2 aliphatic rings. The molecule has 0 spiro atoms. The fraction of sp³-hybridized carbons (Fsp3) is 0.429. The lowest BCUT2D eigenvalue weighted by Crippen LogP contribution is -2.42. The smallest absolute Gasteiger partial charge is 0.261 e. The fourth-order valence-electron chi connectivity index (χ4n) is 3.11. The Morgan fingerprint density at radius 1 is 1.36 bits per heavy atom. The van der Waals surface area contributed by atoms with Gasteiger partial charge in [0.25, 0.3) is 5.91 Å². The minimum atomic E-state index is 0.0403. The quantitative estimate of drug-likeness (QED) is 0.861. The van der Waals surface area contributed by atoms with E-state index in [1.165, 1.54) is 35.5 Å². The topological polar surface area (TPSA) is 54.0 Å². The Labute approximate surface area is 145 Å². The average molecular weight is 372 g/mol. The molecule has 4 heterocycles. The van der Waals surface area contributed by atoms with Crippen LogP contribution in [0.15, 0.2) is 26.7 Å². The molecule has 2 fully saturated rings. The molecule has 0 unspecified atom stereocenters. The molecule has 1 amide bonds. The number of hydrogen-bond acceptors (Lipinski definition) is 6. The van der Waals surface area contributed by atoms with E-state index in [4.69, 9.17) is 11.6 Å². The standard InChI is InChI=1S/C14H14ClN3OS3/c15-14-16-6-12(22-14)21-11-4-3-10(20-11)13(19)18-9-5-7-1-2-8(9)17-7/h3-4,6-9,17H,1-2,5H2,(H,18,19)/t7-,8+,9-/m1/s1. The zero-order valence-corrected chi connectivity index (χ0v) is 14.7. The van der Waals surface area contributed by atoms with Crippen molar-refractivity contribution in [2.24, 2.45) is 0 Å². The normalized spacial score (nSPS) is 26.5. The van der Waals surface area contributed by atoms with Gasteiger partial charge >= 0.3 is 0 Å². The summed E-state index contributed by atoms with van der Waals surface area (Å²) in [6.45, 7) is 0. The molecule has 2 aromatic heterocycles. The molecule has 2 bridgehead atoms. The summed E-state index contributed by atoms with van der Waals surface area (Å²) in [6, 6.07) is 5.22. The first-order valence-electron chi connectivity index (χ1n) is 7.13. The number of rotatable bonds is 4. The molecule has 4 nitrogen and oxygen atoms in total. The fourth-order valence-corrected chi connectivity index (χ4v) is 6.53. The highest BCUT2D eigenvalue weighted by atomic mass is 35.5. The Kier molecular flexibility index (Phi) is 4.17.